The van der Waals surface area contributed by atoms with Gasteiger partial charge in [-0.3, -0.25) is 4.79 Å². The number of piperazine rings is 1. The van der Waals surface area contributed by atoms with Gasteiger partial charge in [0.1, 0.15) is 5.75 Å². The Morgan fingerprint density at radius 3 is 2.45 bits per heavy atom. The second-order valence-corrected chi connectivity index (χ2v) is 8.34. The number of benzene rings is 2. The topological polar surface area (TPSA) is 70.6 Å². The van der Waals surface area contributed by atoms with Gasteiger partial charge in [-0.05, 0) is 43.2 Å². The first-order valence-electron chi connectivity index (χ1n) is 10.5. The molecule has 2 aromatic carbocycles. The van der Waals surface area contributed by atoms with Crippen LogP contribution in [0.2, 0.25) is 5.02 Å². The van der Waals surface area contributed by atoms with E-state index in [-0.39, 0.29) is 5.91 Å². The van der Waals surface area contributed by atoms with E-state index in [0.29, 0.717) is 48.6 Å². The van der Waals surface area contributed by atoms with Gasteiger partial charge in [-0.2, -0.15) is 0 Å². The molecule has 1 N–H and O–H groups in total. The van der Waals surface area contributed by atoms with Crippen LogP contribution in [-0.2, 0) is 0 Å². The third-order valence-electron chi connectivity index (χ3n) is 5.74. The summed E-state index contributed by atoms with van der Waals surface area (Å²) in [5, 5.41) is 3.96. The molecule has 0 atom stereocenters. The second-order valence-electron chi connectivity index (χ2n) is 7.93. The number of nitrogens with zero attached hydrogens (tertiary/aromatic N) is 4. The molecule has 1 aromatic heterocycles. The zero-order valence-corrected chi connectivity index (χ0v) is 18.1. The van der Waals surface area contributed by atoms with Gasteiger partial charge in [-0.15, -0.1) is 0 Å². The maximum Gasteiger partial charge on any atom is 0.255 e. The highest BCUT2D eigenvalue weighted by atomic mass is 35.5. The number of carbonyl (C=O) groups excluding carboxylic acids is 1. The van der Waals surface area contributed by atoms with Gasteiger partial charge in [0, 0.05) is 32.2 Å². The standard InChI is InChI=1S/C23H24ClN5O2/c1-31-16-8-9-18(24)17(14-16)23(30)29-12-10-28(11-13-29)22-21(25-15-6-7-15)26-19-4-2-3-5-20(19)27-22/h2-5,8-9,14-15H,6-7,10-13H2,1H3,(H,25,26). The van der Waals surface area contributed by atoms with E-state index in [4.69, 9.17) is 26.3 Å². The number of fused-ring (bicyclic) bond motifs is 1. The predicted molar refractivity (Wildman–Crippen MR) is 122 cm³/mol. The Morgan fingerprint density at radius 2 is 1.77 bits per heavy atom. The lowest BCUT2D eigenvalue weighted by Crippen LogP contribution is -2.49. The largest absolute Gasteiger partial charge is 0.497 e. The Bertz CT molecular complexity index is 1130. The molecule has 1 saturated carbocycles. The van der Waals surface area contributed by atoms with Crippen molar-refractivity contribution in [1.29, 1.82) is 0 Å². The summed E-state index contributed by atoms with van der Waals surface area (Å²) in [4.78, 5) is 26.8. The minimum atomic E-state index is -0.0792. The van der Waals surface area contributed by atoms with E-state index in [1.165, 1.54) is 0 Å². The van der Waals surface area contributed by atoms with E-state index in [1.807, 2.05) is 29.2 Å². The minimum Gasteiger partial charge on any atom is -0.497 e. The summed E-state index contributed by atoms with van der Waals surface area (Å²) in [6, 6.07) is 13.6. The molecule has 1 aliphatic heterocycles. The number of halogens is 1. The highest BCUT2D eigenvalue weighted by Gasteiger charge is 2.28. The van der Waals surface area contributed by atoms with Crippen molar-refractivity contribution in [2.75, 3.05) is 43.5 Å². The average Bonchev–Trinajstić information content (AvgIpc) is 3.63. The van der Waals surface area contributed by atoms with Crippen LogP contribution in [0.4, 0.5) is 11.6 Å². The number of aromatic nitrogens is 2. The SMILES string of the molecule is COc1ccc(Cl)c(C(=O)N2CCN(c3nc4ccccc4nc3NC3CC3)CC2)c1. The van der Waals surface area contributed by atoms with Crippen molar-refractivity contribution in [3.63, 3.8) is 0 Å². The van der Waals surface area contributed by atoms with Crippen LogP contribution in [0.1, 0.15) is 23.2 Å². The lowest BCUT2D eigenvalue weighted by molar-refractivity contribution is 0.0746. The number of nitrogens with one attached hydrogen (secondary N) is 1. The molecule has 2 aliphatic rings. The van der Waals surface area contributed by atoms with Crippen LogP contribution in [0.25, 0.3) is 11.0 Å². The predicted octanol–water partition coefficient (Wildman–Crippen LogP) is 3.83. The smallest absolute Gasteiger partial charge is 0.255 e. The van der Waals surface area contributed by atoms with Crippen LogP contribution in [-0.4, -0.2) is 60.1 Å². The van der Waals surface area contributed by atoms with E-state index in [9.17, 15) is 4.79 Å². The molecular formula is C23H24ClN5O2. The molecular weight excluding hydrogens is 414 g/mol. The molecule has 8 heteroatoms. The van der Waals surface area contributed by atoms with E-state index in [2.05, 4.69) is 10.2 Å². The monoisotopic (exact) mass is 437 g/mol. The highest BCUT2D eigenvalue weighted by Crippen LogP contribution is 2.31. The maximum absolute atomic E-state index is 13.1. The molecule has 31 heavy (non-hydrogen) atoms. The van der Waals surface area contributed by atoms with Crippen molar-refractivity contribution < 1.29 is 9.53 Å². The third kappa shape index (κ3) is 4.10. The highest BCUT2D eigenvalue weighted by molar-refractivity contribution is 6.33. The van der Waals surface area contributed by atoms with Gasteiger partial charge in [-0.25, -0.2) is 9.97 Å². The van der Waals surface area contributed by atoms with Crippen LogP contribution >= 0.6 is 11.6 Å². The number of hydrogen-bond acceptors (Lipinski definition) is 6. The van der Waals surface area contributed by atoms with Crippen LogP contribution in [0.3, 0.4) is 0 Å². The van der Waals surface area contributed by atoms with Gasteiger partial charge in [0.25, 0.3) is 5.91 Å². The Balaban J connectivity index is 1.35. The third-order valence-corrected chi connectivity index (χ3v) is 6.07. The first kappa shape index (κ1) is 19.9. The van der Waals surface area contributed by atoms with E-state index < -0.39 is 0 Å². The lowest BCUT2D eigenvalue weighted by Gasteiger charge is -2.36. The number of carbonyl (C=O) groups is 1. The molecule has 1 saturated heterocycles. The summed E-state index contributed by atoms with van der Waals surface area (Å²) in [6.45, 7) is 2.53. The van der Waals surface area contributed by atoms with Gasteiger partial charge in [-0.1, -0.05) is 23.7 Å². The van der Waals surface area contributed by atoms with Crippen molar-refractivity contribution in [1.82, 2.24) is 14.9 Å². The zero-order chi connectivity index (χ0) is 21.4. The summed E-state index contributed by atoms with van der Waals surface area (Å²) >= 11 is 6.28. The first-order chi connectivity index (χ1) is 15.1. The van der Waals surface area contributed by atoms with Crippen molar-refractivity contribution in [3.8, 4) is 5.75 Å². The number of ether oxygens (including phenoxy) is 1. The fraction of sp³-hybridized carbons (Fsp3) is 0.348. The number of hydrogen-bond donors (Lipinski definition) is 1. The Morgan fingerprint density at radius 1 is 1.06 bits per heavy atom. The van der Waals surface area contributed by atoms with E-state index in [1.54, 1.807) is 25.3 Å². The minimum absolute atomic E-state index is 0.0792. The molecule has 0 radical (unpaired) electrons. The normalized spacial score (nSPS) is 16.5. The van der Waals surface area contributed by atoms with Gasteiger partial charge < -0.3 is 19.9 Å². The second kappa shape index (κ2) is 8.23. The van der Waals surface area contributed by atoms with Crippen molar-refractivity contribution in [2.24, 2.45) is 0 Å². The number of rotatable bonds is 5. The molecule has 1 amide bonds. The van der Waals surface area contributed by atoms with Crippen molar-refractivity contribution in [3.05, 3.63) is 53.1 Å². The van der Waals surface area contributed by atoms with E-state index >= 15 is 0 Å². The molecule has 3 aromatic rings. The van der Waals surface area contributed by atoms with Gasteiger partial charge in [0.2, 0.25) is 0 Å². The molecule has 1 aliphatic carbocycles. The molecule has 5 rings (SSSR count). The summed E-state index contributed by atoms with van der Waals surface area (Å²) in [5.41, 5.74) is 2.23. The molecule has 0 spiro atoms. The molecule has 7 nitrogen and oxygen atoms in total. The molecule has 160 valence electrons. The zero-order valence-electron chi connectivity index (χ0n) is 17.3. The molecule has 0 unspecified atom stereocenters. The number of anilines is 2. The van der Waals surface area contributed by atoms with Crippen molar-refractivity contribution in [2.45, 2.75) is 18.9 Å². The summed E-state index contributed by atoms with van der Waals surface area (Å²) < 4.78 is 5.25. The van der Waals surface area contributed by atoms with E-state index in [0.717, 1.165) is 35.5 Å². The fourth-order valence-electron chi connectivity index (χ4n) is 3.82. The number of methoxy groups -OCH3 is 1. The summed E-state index contributed by atoms with van der Waals surface area (Å²) in [5.74, 6) is 2.23. The van der Waals surface area contributed by atoms with Gasteiger partial charge in [0.05, 0.1) is 28.7 Å². The quantitative estimate of drug-likeness (QED) is 0.654. The summed E-state index contributed by atoms with van der Waals surface area (Å²) in [6.07, 6.45) is 2.33. The molecule has 0 bridgehead atoms. The lowest BCUT2D eigenvalue weighted by atomic mass is 10.1. The van der Waals surface area contributed by atoms with Crippen LogP contribution in [0, 0.1) is 0 Å². The van der Waals surface area contributed by atoms with Crippen molar-refractivity contribution >= 4 is 40.2 Å². The Hall–Kier alpha value is -3.06. The van der Waals surface area contributed by atoms with Gasteiger partial charge >= 0.3 is 0 Å². The molecule has 2 heterocycles. The van der Waals surface area contributed by atoms with Crippen LogP contribution < -0.4 is 15.0 Å². The first-order valence-corrected chi connectivity index (χ1v) is 10.9. The maximum atomic E-state index is 13.1. The van der Waals surface area contributed by atoms with Crippen LogP contribution in [0.5, 0.6) is 5.75 Å². The van der Waals surface area contributed by atoms with Gasteiger partial charge in [0.15, 0.2) is 11.6 Å². The molecule has 2 fully saturated rings. The van der Waals surface area contributed by atoms with Crippen LogP contribution in [0.15, 0.2) is 42.5 Å². The number of amides is 1. The average molecular weight is 438 g/mol. The fourth-order valence-corrected chi connectivity index (χ4v) is 4.01. The Kier molecular flexibility index (Phi) is 5.28. The number of para-hydroxylation sites is 2. The Labute approximate surface area is 186 Å². The summed E-state index contributed by atoms with van der Waals surface area (Å²) in [7, 11) is 1.58.